The zero-order chi connectivity index (χ0) is 55.9. The number of β-amino-alcohol motifs (C(OH)–C–C–N with tert-alkyl or cyclic N) is 1. The van der Waals surface area contributed by atoms with Crippen molar-refractivity contribution in [1.29, 1.82) is 0 Å². The molecule has 414 valence electrons. The van der Waals surface area contributed by atoms with Gasteiger partial charge in [-0.05, 0) is 117 Å². The summed E-state index contributed by atoms with van der Waals surface area (Å²) < 4.78 is 19.5. The first kappa shape index (κ1) is 57.9. The van der Waals surface area contributed by atoms with Gasteiger partial charge in [0.25, 0.3) is 0 Å². The first-order valence-electron chi connectivity index (χ1n) is 26.4. The van der Waals surface area contributed by atoms with Crippen molar-refractivity contribution in [2.24, 2.45) is 10.4 Å². The number of thiophene rings is 2. The third kappa shape index (κ3) is 13.9. The van der Waals surface area contributed by atoms with E-state index in [0.29, 0.717) is 49.3 Å². The zero-order valence-electron chi connectivity index (χ0n) is 45.9. The summed E-state index contributed by atoms with van der Waals surface area (Å²) in [7, 11) is 0. The molecule has 4 atom stereocenters. The van der Waals surface area contributed by atoms with E-state index in [2.05, 4.69) is 58.4 Å². The van der Waals surface area contributed by atoms with Gasteiger partial charge in [-0.3, -0.25) is 28.7 Å². The average Bonchev–Trinajstić information content (AvgIpc) is 4.37. The number of hydrogen-bond donors (Lipinski definition) is 4. The molecule has 6 aromatic rings. The number of amides is 4. The van der Waals surface area contributed by atoms with Crippen molar-refractivity contribution in [3.8, 4) is 21.2 Å². The second-order valence-corrected chi connectivity index (χ2v) is 24.2. The number of fused-ring (bicyclic) bond motifs is 3. The van der Waals surface area contributed by atoms with Crippen LogP contribution in [0.5, 0.6) is 5.75 Å². The number of rotatable bonds is 22. The van der Waals surface area contributed by atoms with Crippen LogP contribution in [0.2, 0.25) is 5.02 Å². The molecule has 1 fully saturated rings. The van der Waals surface area contributed by atoms with Gasteiger partial charge in [0.15, 0.2) is 5.82 Å². The first-order chi connectivity index (χ1) is 37.2. The van der Waals surface area contributed by atoms with Crippen LogP contribution in [-0.2, 0) is 40.7 Å². The van der Waals surface area contributed by atoms with Crippen LogP contribution >= 0.6 is 34.3 Å². The molecule has 78 heavy (non-hydrogen) atoms. The van der Waals surface area contributed by atoms with Crippen molar-refractivity contribution >= 4 is 63.6 Å². The minimum absolute atomic E-state index is 0.0110. The Kier molecular flexibility index (Phi) is 18.7. The summed E-state index contributed by atoms with van der Waals surface area (Å²) in [5.74, 6) is 0.606. The number of nitrogens with zero attached hydrogens (tertiary/aromatic N) is 5. The lowest BCUT2D eigenvalue weighted by Gasteiger charge is -2.35. The van der Waals surface area contributed by atoms with Crippen LogP contribution in [0.1, 0.15) is 116 Å². The van der Waals surface area contributed by atoms with Crippen LogP contribution in [-0.4, -0.2) is 112 Å². The van der Waals surface area contributed by atoms with Crippen molar-refractivity contribution in [2.75, 3.05) is 39.6 Å². The van der Waals surface area contributed by atoms with Crippen LogP contribution in [0, 0.1) is 33.1 Å². The van der Waals surface area contributed by atoms with E-state index in [9.17, 15) is 24.3 Å². The Morgan fingerprint density at radius 1 is 0.833 bits per heavy atom. The number of aliphatic hydroxyl groups is 1. The molecule has 1 saturated heterocycles. The van der Waals surface area contributed by atoms with E-state index in [1.165, 1.54) is 20.2 Å². The van der Waals surface area contributed by atoms with Gasteiger partial charge in [0.2, 0.25) is 23.6 Å². The fourth-order valence-electron chi connectivity index (χ4n) is 9.70. The summed E-state index contributed by atoms with van der Waals surface area (Å²) >= 11 is 9.63. The quantitative estimate of drug-likeness (QED) is 0.0476. The number of aromatic nitrogens is 3. The Bertz CT molecular complexity index is 3110. The van der Waals surface area contributed by atoms with Crippen molar-refractivity contribution in [3.63, 3.8) is 0 Å². The van der Waals surface area contributed by atoms with Gasteiger partial charge in [-0.25, -0.2) is 0 Å². The van der Waals surface area contributed by atoms with Gasteiger partial charge in [0.1, 0.15) is 41.3 Å². The van der Waals surface area contributed by atoms with Crippen molar-refractivity contribution < 1.29 is 38.5 Å². The molecule has 8 rings (SSSR count). The number of benzene rings is 3. The number of hydrogen-bond acceptors (Lipinski definition) is 13. The van der Waals surface area contributed by atoms with Crippen LogP contribution < -0.4 is 20.7 Å². The molecular formula is C59H71ClN8O8S2. The molecular weight excluding hydrogens is 1050 g/mol. The maximum atomic E-state index is 14.0. The van der Waals surface area contributed by atoms with Crippen LogP contribution in [0.25, 0.3) is 15.4 Å². The summed E-state index contributed by atoms with van der Waals surface area (Å²) in [5.41, 5.74) is 6.56. The third-order valence-corrected chi connectivity index (χ3v) is 16.6. The Morgan fingerprint density at radius 3 is 2.19 bits per heavy atom. The van der Waals surface area contributed by atoms with E-state index >= 15 is 0 Å². The number of aliphatic hydroxyl groups excluding tert-OH is 1. The fourth-order valence-corrected chi connectivity index (χ4v) is 12.0. The van der Waals surface area contributed by atoms with E-state index in [1.807, 2.05) is 119 Å². The predicted molar refractivity (Wildman–Crippen MR) is 306 cm³/mol. The van der Waals surface area contributed by atoms with E-state index in [1.54, 1.807) is 22.7 Å². The van der Waals surface area contributed by atoms with E-state index in [-0.39, 0.29) is 51.0 Å². The second-order valence-electron chi connectivity index (χ2n) is 21.6. The minimum Gasteiger partial charge on any atom is -0.494 e. The highest BCUT2D eigenvalue weighted by molar-refractivity contribution is 7.15. The Labute approximate surface area is 470 Å². The SMILES string of the molecule is Cc1ccsc1-c1ccc(CNC(=O)[C@@H]2C[C@@H](O)CN2C(=O)[C@@H](NC(=O)COCCCOCCCOc2ccc(C(C)(C)NC(=O)C[C@@H]3N=C(c4ccc(Cl)cc4)c4c(sc(C)c4C)-n4c(C)nnc43)cc2)C(C)(C)C)cc1. The molecule has 0 radical (unpaired) electrons. The van der Waals surface area contributed by atoms with Crippen molar-refractivity contribution in [2.45, 2.75) is 124 Å². The molecule has 19 heteroatoms. The highest BCUT2D eigenvalue weighted by Gasteiger charge is 2.44. The van der Waals surface area contributed by atoms with Crippen LogP contribution in [0.3, 0.4) is 0 Å². The number of ether oxygens (including phenoxy) is 3. The fraction of sp³-hybridized carbons (Fsp3) is 0.441. The van der Waals surface area contributed by atoms with Gasteiger partial charge < -0.3 is 40.2 Å². The molecule has 2 aliphatic heterocycles. The number of carbonyl (C=O) groups excluding carboxylic acids is 4. The largest absolute Gasteiger partial charge is 0.494 e. The highest BCUT2D eigenvalue weighted by atomic mass is 35.5. The lowest BCUT2D eigenvalue weighted by atomic mass is 9.85. The van der Waals surface area contributed by atoms with Crippen LogP contribution in [0.4, 0.5) is 0 Å². The summed E-state index contributed by atoms with van der Waals surface area (Å²) in [6, 6.07) is 23.0. The molecule has 0 spiro atoms. The van der Waals surface area contributed by atoms with Gasteiger partial charge in [0, 0.05) is 71.7 Å². The monoisotopic (exact) mass is 1120 g/mol. The number of aliphatic imine (C=N–C) groups is 1. The molecule has 0 aliphatic carbocycles. The number of likely N-dealkylation sites (tertiary alicyclic amines) is 1. The summed E-state index contributed by atoms with van der Waals surface area (Å²) in [5, 5.41) is 32.3. The predicted octanol–water partition coefficient (Wildman–Crippen LogP) is 9.28. The van der Waals surface area contributed by atoms with Crippen LogP contribution in [0.15, 0.2) is 89.2 Å². The Morgan fingerprint density at radius 2 is 1.51 bits per heavy atom. The normalized spacial score (nSPS) is 16.7. The Hall–Kier alpha value is -6.28. The van der Waals surface area contributed by atoms with Gasteiger partial charge >= 0.3 is 0 Å². The van der Waals surface area contributed by atoms with E-state index < -0.39 is 47.0 Å². The van der Waals surface area contributed by atoms with Gasteiger partial charge in [-0.2, -0.15) is 0 Å². The summed E-state index contributed by atoms with van der Waals surface area (Å²) in [6.45, 7) is 19.3. The molecule has 5 heterocycles. The maximum absolute atomic E-state index is 14.0. The van der Waals surface area contributed by atoms with Gasteiger partial charge in [0.05, 0.1) is 30.4 Å². The number of aryl methyl sites for hydroxylation is 3. The number of carbonyl (C=O) groups is 4. The maximum Gasteiger partial charge on any atom is 0.246 e. The molecule has 3 aromatic heterocycles. The lowest BCUT2D eigenvalue weighted by Crippen LogP contribution is -2.58. The third-order valence-electron chi connectivity index (χ3n) is 14.1. The zero-order valence-corrected chi connectivity index (χ0v) is 48.3. The van der Waals surface area contributed by atoms with Crippen molar-refractivity contribution in [1.82, 2.24) is 35.6 Å². The first-order valence-corrected chi connectivity index (χ1v) is 28.5. The topological polar surface area (TPSA) is 199 Å². The van der Waals surface area contributed by atoms with Gasteiger partial charge in [-0.1, -0.05) is 80.9 Å². The van der Waals surface area contributed by atoms with Crippen molar-refractivity contribution in [3.05, 3.63) is 139 Å². The Balaban J connectivity index is 0.731. The number of halogens is 1. The average molecular weight is 1120 g/mol. The van der Waals surface area contributed by atoms with E-state index in [0.717, 1.165) is 49.9 Å². The molecule has 3 aromatic carbocycles. The molecule has 4 amide bonds. The molecule has 16 nitrogen and oxygen atoms in total. The smallest absolute Gasteiger partial charge is 0.246 e. The molecule has 0 saturated carbocycles. The highest BCUT2D eigenvalue weighted by Crippen LogP contribution is 2.40. The summed E-state index contributed by atoms with van der Waals surface area (Å²) in [6.07, 6.45) is 0.502. The standard InChI is InChI=1S/C59H71ClN8O8S2/c1-35-24-29-77-52(35)41-14-12-39(13-15-41)32-61-55(72)47-30-44(69)33-67(47)56(73)53(58(5,6)7)63-49(71)34-75-27-10-25-74-26-11-28-76-45-22-18-42(19-23-45)59(8,9)64-48(70)31-46-54-66-65-38(4)68(54)57-50(36(2)37(3)78-57)51(62-46)40-16-20-43(60)21-17-40/h12-24,29,44,46-47,53,69H,10-11,25-28,30-34H2,1-9H3,(H,61,72)(H,63,71)(H,64,70)/t44-,46+,47+,53-/m1/s1. The van der Waals surface area contributed by atoms with E-state index in [4.69, 9.17) is 30.8 Å². The van der Waals surface area contributed by atoms with Gasteiger partial charge in [-0.15, -0.1) is 32.9 Å². The second kappa shape index (κ2) is 25.2. The molecule has 2 aliphatic rings. The molecule has 4 N–H and O–H groups in total. The lowest BCUT2D eigenvalue weighted by molar-refractivity contribution is -0.144. The molecule has 0 unspecified atom stereocenters. The number of nitrogens with one attached hydrogen (secondary N) is 3. The minimum atomic E-state index is -0.958. The molecule has 0 bridgehead atoms. The summed E-state index contributed by atoms with van der Waals surface area (Å²) in [4.78, 5) is 63.5.